The molecule has 0 radical (unpaired) electrons. The van der Waals surface area contributed by atoms with Crippen molar-refractivity contribution in [2.24, 2.45) is 0 Å². The standard InChI is InChI=1S/C29H31N3O5/c1-20(33)30-14-13-24-18-31-28-27(24)17-26(19-32-28)37-16-4-3-15-36-25-11-9-22(10-12-25)21-5-7-23(8-6-21)29(34)35-2/h5-12,17-19H,3-4,13-16H2,1-2H3,(H,30,33)(H,31,32). The zero-order chi connectivity index (χ0) is 26.0. The van der Waals surface area contributed by atoms with Crippen molar-refractivity contribution in [1.82, 2.24) is 15.3 Å². The van der Waals surface area contributed by atoms with Gasteiger partial charge in [0.25, 0.3) is 0 Å². The molecule has 2 aromatic carbocycles. The van der Waals surface area contributed by atoms with E-state index in [0.29, 0.717) is 25.3 Å². The number of rotatable bonds is 12. The highest BCUT2D eigenvalue weighted by atomic mass is 16.5. The average Bonchev–Trinajstić information content (AvgIpc) is 3.32. The van der Waals surface area contributed by atoms with Crippen LogP contribution in [0.1, 0.15) is 35.7 Å². The van der Waals surface area contributed by atoms with Gasteiger partial charge >= 0.3 is 5.97 Å². The third-order valence-electron chi connectivity index (χ3n) is 5.93. The van der Waals surface area contributed by atoms with Crippen molar-refractivity contribution < 1.29 is 23.8 Å². The van der Waals surface area contributed by atoms with E-state index in [1.807, 2.05) is 48.7 Å². The molecule has 37 heavy (non-hydrogen) atoms. The molecule has 0 saturated heterocycles. The Kier molecular flexibility index (Phi) is 8.75. The molecule has 8 nitrogen and oxygen atoms in total. The summed E-state index contributed by atoms with van der Waals surface area (Å²) in [6.45, 7) is 3.27. The first-order valence-corrected chi connectivity index (χ1v) is 12.3. The Balaban J connectivity index is 1.19. The zero-order valence-corrected chi connectivity index (χ0v) is 21.1. The maximum atomic E-state index is 11.6. The van der Waals surface area contributed by atoms with Crippen molar-refractivity contribution in [3.8, 4) is 22.6 Å². The number of nitrogens with zero attached hydrogens (tertiary/aromatic N) is 1. The molecule has 4 aromatic rings. The summed E-state index contributed by atoms with van der Waals surface area (Å²) in [6, 6.07) is 17.2. The van der Waals surface area contributed by atoms with Crippen LogP contribution < -0.4 is 14.8 Å². The lowest BCUT2D eigenvalue weighted by molar-refractivity contribution is -0.118. The number of pyridine rings is 1. The van der Waals surface area contributed by atoms with Gasteiger partial charge in [0.15, 0.2) is 0 Å². The lowest BCUT2D eigenvalue weighted by Crippen LogP contribution is -2.22. The Labute approximate surface area is 216 Å². The number of hydrogen-bond donors (Lipinski definition) is 2. The van der Waals surface area contributed by atoms with Crippen molar-refractivity contribution in [3.63, 3.8) is 0 Å². The molecular weight excluding hydrogens is 470 g/mol. The van der Waals surface area contributed by atoms with E-state index in [1.54, 1.807) is 18.3 Å². The van der Waals surface area contributed by atoms with E-state index < -0.39 is 0 Å². The fourth-order valence-electron chi connectivity index (χ4n) is 3.94. The molecule has 0 fully saturated rings. The molecule has 0 bridgehead atoms. The van der Waals surface area contributed by atoms with E-state index in [2.05, 4.69) is 15.3 Å². The third kappa shape index (κ3) is 7.10. The second-order valence-electron chi connectivity index (χ2n) is 8.61. The summed E-state index contributed by atoms with van der Waals surface area (Å²) < 4.78 is 16.5. The van der Waals surface area contributed by atoms with Gasteiger partial charge in [0.1, 0.15) is 17.1 Å². The summed E-state index contributed by atoms with van der Waals surface area (Å²) in [6.07, 6.45) is 6.08. The number of unbranched alkanes of at least 4 members (excludes halogenated alkanes) is 1. The molecule has 0 unspecified atom stereocenters. The number of esters is 1. The first-order chi connectivity index (χ1) is 18.0. The normalized spacial score (nSPS) is 10.8. The second-order valence-corrected chi connectivity index (χ2v) is 8.61. The number of aromatic amines is 1. The van der Waals surface area contributed by atoms with Crippen molar-refractivity contribution >= 4 is 22.9 Å². The van der Waals surface area contributed by atoms with Crippen LogP contribution in [0.15, 0.2) is 67.0 Å². The minimum absolute atomic E-state index is 0.0353. The summed E-state index contributed by atoms with van der Waals surface area (Å²) in [5.74, 6) is 1.16. The second kappa shape index (κ2) is 12.6. The number of carbonyl (C=O) groups excluding carboxylic acids is 2. The van der Waals surface area contributed by atoms with Gasteiger partial charge in [-0.2, -0.15) is 0 Å². The van der Waals surface area contributed by atoms with Crippen LogP contribution in [0.4, 0.5) is 0 Å². The Morgan fingerprint density at radius 2 is 1.57 bits per heavy atom. The number of benzene rings is 2. The van der Waals surface area contributed by atoms with Crippen molar-refractivity contribution in [2.45, 2.75) is 26.2 Å². The largest absolute Gasteiger partial charge is 0.494 e. The van der Waals surface area contributed by atoms with Crippen molar-refractivity contribution in [3.05, 3.63) is 78.1 Å². The molecule has 0 saturated carbocycles. The van der Waals surface area contributed by atoms with Crippen molar-refractivity contribution in [1.29, 1.82) is 0 Å². The highest BCUT2D eigenvalue weighted by Gasteiger charge is 2.08. The van der Waals surface area contributed by atoms with E-state index in [-0.39, 0.29) is 11.9 Å². The molecule has 0 spiro atoms. The molecule has 0 aliphatic heterocycles. The summed E-state index contributed by atoms with van der Waals surface area (Å²) in [5.41, 5.74) is 4.49. The molecular formula is C29H31N3O5. The zero-order valence-electron chi connectivity index (χ0n) is 21.1. The molecule has 192 valence electrons. The predicted octanol–water partition coefficient (Wildman–Crippen LogP) is 4.93. The van der Waals surface area contributed by atoms with Crippen LogP contribution in [0.5, 0.6) is 11.5 Å². The summed E-state index contributed by atoms with van der Waals surface area (Å²) in [5, 5.41) is 3.82. The molecule has 0 aliphatic carbocycles. The monoisotopic (exact) mass is 501 g/mol. The van der Waals surface area contributed by atoms with E-state index in [9.17, 15) is 9.59 Å². The van der Waals surface area contributed by atoms with Crippen LogP contribution in [0.25, 0.3) is 22.2 Å². The number of methoxy groups -OCH3 is 1. The van der Waals surface area contributed by atoms with Crippen LogP contribution in [-0.4, -0.2) is 48.7 Å². The number of H-pyrrole nitrogens is 1. The van der Waals surface area contributed by atoms with Crippen LogP contribution in [-0.2, 0) is 16.0 Å². The fourth-order valence-corrected chi connectivity index (χ4v) is 3.94. The first-order valence-electron chi connectivity index (χ1n) is 12.3. The van der Waals surface area contributed by atoms with Crippen LogP contribution in [0, 0.1) is 0 Å². The average molecular weight is 502 g/mol. The van der Waals surface area contributed by atoms with E-state index in [0.717, 1.165) is 58.5 Å². The topological polar surface area (TPSA) is 103 Å². The Hall–Kier alpha value is -4.33. The number of hydrogen-bond acceptors (Lipinski definition) is 6. The van der Waals surface area contributed by atoms with Crippen LogP contribution in [0.2, 0.25) is 0 Å². The molecule has 0 atom stereocenters. The van der Waals surface area contributed by atoms with Gasteiger partial charge in [-0.15, -0.1) is 0 Å². The lowest BCUT2D eigenvalue weighted by Gasteiger charge is -2.09. The predicted molar refractivity (Wildman–Crippen MR) is 142 cm³/mol. The molecule has 8 heteroatoms. The van der Waals surface area contributed by atoms with Crippen LogP contribution in [0.3, 0.4) is 0 Å². The Morgan fingerprint density at radius 1 is 0.919 bits per heavy atom. The highest BCUT2D eigenvalue weighted by molar-refractivity contribution is 5.90. The van der Waals surface area contributed by atoms with Gasteiger partial charge in [-0.05, 0) is 66.3 Å². The maximum Gasteiger partial charge on any atom is 0.337 e. The smallest absolute Gasteiger partial charge is 0.337 e. The molecule has 2 aromatic heterocycles. The molecule has 2 N–H and O–H groups in total. The van der Waals surface area contributed by atoms with E-state index in [4.69, 9.17) is 14.2 Å². The van der Waals surface area contributed by atoms with Gasteiger partial charge in [-0.3, -0.25) is 4.79 Å². The molecule has 4 rings (SSSR count). The van der Waals surface area contributed by atoms with Crippen molar-refractivity contribution in [2.75, 3.05) is 26.9 Å². The van der Waals surface area contributed by atoms with Gasteiger partial charge in [-0.1, -0.05) is 24.3 Å². The third-order valence-corrected chi connectivity index (χ3v) is 5.93. The summed E-state index contributed by atoms with van der Waals surface area (Å²) in [4.78, 5) is 30.3. The highest BCUT2D eigenvalue weighted by Crippen LogP contribution is 2.24. The minimum Gasteiger partial charge on any atom is -0.494 e. The number of nitrogens with one attached hydrogen (secondary N) is 2. The first kappa shape index (κ1) is 25.8. The van der Waals surface area contributed by atoms with E-state index >= 15 is 0 Å². The van der Waals surface area contributed by atoms with Gasteiger partial charge in [-0.25, -0.2) is 9.78 Å². The van der Waals surface area contributed by atoms with Gasteiger partial charge in [0.2, 0.25) is 5.91 Å². The fraction of sp³-hybridized carbons (Fsp3) is 0.276. The number of carbonyl (C=O) groups is 2. The maximum absolute atomic E-state index is 11.6. The molecule has 1 amide bonds. The minimum atomic E-state index is -0.344. The molecule has 2 heterocycles. The Bertz CT molecular complexity index is 1330. The SMILES string of the molecule is COC(=O)c1ccc(-c2ccc(OCCCCOc3cnc4[nH]cc(CCNC(C)=O)c4c3)cc2)cc1. The van der Waals surface area contributed by atoms with E-state index in [1.165, 1.54) is 14.0 Å². The number of fused-ring (bicyclic) bond motifs is 1. The van der Waals surface area contributed by atoms with Gasteiger partial charge in [0, 0.05) is 25.1 Å². The summed E-state index contributed by atoms with van der Waals surface area (Å²) >= 11 is 0. The number of aromatic nitrogens is 2. The quantitative estimate of drug-likeness (QED) is 0.211. The number of ether oxygens (including phenoxy) is 3. The summed E-state index contributed by atoms with van der Waals surface area (Å²) in [7, 11) is 1.37. The lowest BCUT2D eigenvalue weighted by atomic mass is 10.0. The number of amides is 1. The van der Waals surface area contributed by atoms with Gasteiger partial charge in [0.05, 0.1) is 32.1 Å². The van der Waals surface area contributed by atoms with Crippen LogP contribution >= 0.6 is 0 Å². The molecule has 0 aliphatic rings. The Morgan fingerprint density at radius 3 is 2.22 bits per heavy atom. The van der Waals surface area contributed by atoms with Gasteiger partial charge < -0.3 is 24.5 Å².